The number of nitrogens with zero attached hydrogens (tertiary/aromatic N) is 4. The molecule has 8 nitrogen and oxygen atoms in total. The third kappa shape index (κ3) is 2.07. The van der Waals surface area contributed by atoms with Crippen LogP contribution in [0.25, 0.3) is 22.6 Å². The molecule has 4 aromatic rings. The predicted molar refractivity (Wildman–Crippen MR) is 92.6 cm³/mol. The lowest BCUT2D eigenvalue weighted by Gasteiger charge is -2.06. The highest BCUT2D eigenvalue weighted by atomic mass is 16.2. The lowest BCUT2D eigenvalue weighted by atomic mass is 10.1. The number of benzene rings is 1. The molecule has 3 aromatic heterocycles. The first-order valence-corrected chi connectivity index (χ1v) is 7.69. The Labute approximate surface area is 141 Å². The summed E-state index contributed by atoms with van der Waals surface area (Å²) in [6.07, 6.45) is 1.79. The van der Waals surface area contributed by atoms with Gasteiger partial charge in [-0.3, -0.25) is 28.1 Å². The summed E-state index contributed by atoms with van der Waals surface area (Å²) < 4.78 is 4.85. The molecular formula is C17H15N5O3. The minimum absolute atomic E-state index is 0.00555. The van der Waals surface area contributed by atoms with E-state index in [-0.39, 0.29) is 5.78 Å². The quantitative estimate of drug-likeness (QED) is 0.556. The second-order valence-corrected chi connectivity index (χ2v) is 5.98. The highest BCUT2D eigenvalue weighted by molar-refractivity contribution is 5.94. The van der Waals surface area contributed by atoms with Gasteiger partial charge in [0.25, 0.3) is 5.56 Å². The number of carbonyl (C=O) groups excluding carboxylic acids is 1. The van der Waals surface area contributed by atoms with Crippen molar-refractivity contribution >= 4 is 22.7 Å². The molecule has 0 radical (unpaired) electrons. The first-order valence-electron chi connectivity index (χ1n) is 7.69. The standard InChI is InChI=1S/C17H15N5O3/c1-9-8-21-13-14(20(3)17(25)19-15(13)24)18-16(21)22(9)12-6-4-11(5-7-12)10(2)23/h4-8H,1-3H3,(H,19,24,25). The van der Waals surface area contributed by atoms with E-state index < -0.39 is 11.2 Å². The number of hydrogen-bond donors (Lipinski definition) is 1. The number of carbonyl (C=O) groups is 1. The van der Waals surface area contributed by atoms with Gasteiger partial charge in [0.15, 0.2) is 16.9 Å². The number of nitrogens with one attached hydrogen (secondary N) is 1. The van der Waals surface area contributed by atoms with E-state index in [1.54, 1.807) is 29.8 Å². The summed E-state index contributed by atoms with van der Waals surface area (Å²) in [6.45, 7) is 3.41. The molecule has 3 heterocycles. The van der Waals surface area contributed by atoms with Crippen LogP contribution in [0.4, 0.5) is 0 Å². The Bertz CT molecular complexity index is 1270. The third-order valence-electron chi connectivity index (χ3n) is 4.33. The molecule has 0 spiro atoms. The summed E-state index contributed by atoms with van der Waals surface area (Å²) in [5.74, 6) is 0.517. The SMILES string of the molecule is CC(=O)c1ccc(-n2c(C)cn3c4c(=O)[nH]c(=O)n(C)c4nc23)cc1. The number of aryl methyl sites for hydroxylation is 2. The van der Waals surface area contributed by atoms with Gasteiger partial charge in [0.05, 0.1) is 0 Å². The fraction of sp³-hybridized carbons (Fsp3) is 0.176. The first kappa shape index (κ1) is 15.1. The summed E-state index contributed by atoms with van der Waals surface area (Å²) in [7, 11) is 1.56. The van der Waals surface area contributed by atoms with Crippen LogP contribution in [0.2, 0.25) is 0 Å². The molecule has 0 fully saturated rings. The van der Waals surface area contributed by atoms with E-state index in [9.17, 15) is 14.4 Å². The highest BCUT2D eigenvalue weighted by Gasteiger charge is 2.18. The Kier molecular flexibility index (Phi) is 3.05. The van der Waals surface area contributed by atoms with Crippen LogP contribution in [0, 0.1) is 6.92 Å². The van der Waals surface area contributed by atoms with E-state index in [4.69, 9.17) is 0 Å². The second-order valence-electron chi connectivity index (χ2n) is 5.98. The van der Waals surface area contributed by atoms with Crippen molar-refractivity contribution in [3.8, 4) is 5.69 Å². The number of rotatable bonds is 2. The van der Waals surface area contributed by atoms with Gasteiger partial charge in [-0.05, 0) is 38.1 Å². The fourth-order valence-corrected chi connectivity index (χ4v) is 3.04. The number of Topliss-reactive ketones (excluding diaryl/α,β-unsaturated/α-hetero) is 1. The predicted octanol–water partition coefficient (Wildman–Crippen LogP) is 1.18. The number of H-pyrrole nitrogens is 1. The van der Waals surface area contributed by atoms with Gasteiger partial charge in [-0.2, -0.15) is 4.98 Å². The van der Waals surface area contributed by atoms with Crippen molar-refractivity contribution in [3.63, 3.8) is 0 Å². The van der Waals surface area contributed by atoms with E-state index in [0.29, 0.717) is 22.5 Å². The number of fused-ring (bicyclic) bond motifs is 3. The van der Waals surface area contributed by atoms with Crippen LogP contribution in [-0.4, -0.2) is 29.3 Å². The van der Waals surface area contributed by atoms with Crippen LogP contribution in [0.3, 0.4) is 0 Å². The molecule has 0 bridgehead atoms. The fourth-order valence-electron chi connectivity index (χ4n) is 3.04. The van der Waals surface area contributed by atoms with E-state index in [1.165, 1.54) is 11.5 Å². The number of imidazole rings is 2. The maximum Gasteiger partial charge on any atom is 0.329 e. The molecule has 1 N–H and O–H groups in total. The molecular weight excluding hydrogens is 322 g/mol. The maximum atomic E-state index is 12.2. The molecule has 0 atom stereocenters. The number of hydrogen-bond acceptors (Lipinski definition) is 4. The van der Waals surface area contributed by atoms with Gasteiger partial charge in [0.2, 0.25) is 5.78 Å². The van der Waals surface area contributed by atoms with Crippen molar-refractivity contribution in [2.24, 2.45) is 7.05 Å². The minimum atomic E-state index is -0.507. The third-order valence-corrected chi connectivity index (χ3v) is 4.33. The Morgan fingerprint density at radius 1 is 1.16 bits per heavy atom. The Balaban J connectivity index is 2.06. The van der Waals surface area contributed by atoms with Gasteiger partial charge in [0, 0.05) is 30.2 Å². The normalized spacial score (nSPS) is 11.5. The summed E-state index contributed by atoms with van der Waals surface area (Å²) in [5.41, 5.74) is 1.96. The van der Waals surface area contributed by atoms with Crippen LogP contribution < -0.4 is 11.2 Å². The van der Waals surface area contributed by atoms with Gasteiger partial charge in [-0.15, -0.1) is 0 Å². The monoisotopic (exact) mass is 337 g/mol. The van der Waals surface area contributed by atoms with Crippen LogP contribution in [0.15, 0.2) is 40.1 Å². The zero-order valence-corrected chi connectivity index (χ0v) is 13.9. The van der Waals surface area contributed by atoms with Crippen LogP contribution in [0.5, 0.6) is 0 Å². The molecule has 1 aromatic carbocycles. The molecule has 0 aliphatic carbocycles. The van der Waals surface area contributed by atoms with E-state index in [0.717, 1.165) is 11.4 Å². The van der Waals surface area contributed by atoms with Gasteiger partial charge in [-0.25, -0.2) is 4.79 Å². The van der Waals surface area contributed by atoms with Gasteiger partial charge >= 0.3 is 5.69 Å². The molecule has 0 saturated heterocycles. The average molecular weight is 337 g/mol. The van der Waals surface area contributed by atoms with Crippen molar-refractivity contribution in [2.45, 2.75) is 13.8 Å². The number of aromatic amines is 1. The van der Waals surface area contributed by atoms with Gasteiger partial charge < -0.3 is 0 Å². The molecule has 8 heteroatoms. The highest BCUT2D eigenvalue weighted by Crippen LogP contribution is 2.21. The smallest absolute Gasteiger partial charge is 0.295 e. The van der Waals surface area contributed by atoms with Gasteiger partial charge in [-0.1, -0.05) is 0 Å². The first-order chi connectivity index (χ1) is 11.9. The molecule has 0 saturated carbocycles. The molecule has 0 aliphatic heterocycles. The lowest BCUT2D eigenvalue weighted by molar-refractivity contribution is 0.101. The van der Waals surface area contributed by atoms with Crippen molar-refractivity contribution in [3.05, 3.63) is 62.6 Å². The Morgan fingerprint density at radius 3 is 2.48 bits per heavy atom. The number of ketones is 1. The zero-order chi connectivity index (χ0) is 17.9. The molecule has 0 unspecified atom stereocenters. The molecule has 25 heavy (non-hydrogen) atoms. The minimum Gasteiger partial charge on any atom is -0.295 e. The zero-order valence-electron chi connectivity index (χ0n) is 13.9. The molecule has 126 valence electrons. The Morgan fingerprint density at radius 2 is 1.84 bits per heavy atom. The van der Waals surface area contributed by atoms with Gasteiger partial charge in [0.1, 0.15) is 0 Å². The van der Waals surface area contributed by atoms with Crippen LogP contribution in [-0.2, 0) is 7.05 Å². The van der Waals surface area contributed by atoms with E-state index in [1.807, 2.05) is 23.6 Å². The van der Waals surface area contributed by atoms with Crippen molar-refractivity contribution in [1.82, 2.24) is 23.5 Å². The lowest BCUT2D eigenvalue weighted by Crippen LogP contribution is -2.28. The summed E-state index contributed by atoms with van der Waals surface area (Å²) in [6, 6.07) is 7.15. The summed E-state index contributed by atoms with van der Waals surface area (Å²) in [4.78, 5) is 42.3. The van der Waals surface area contributed by atoms with E-state index >= 15 is 0 Å². The maximum absolute atomic E-state index is 12.2. The topological polar surface area (TPSA) is 94.2 Å². The van der Waals surface area contributed by atoms with E-state index in [2.05, 4.69) is 9.97 Å². The summed E-state index contributed by atoms with van der Waals surface area (Å²) >= 11 is 0. The van der Waals surface area contributed by atoms with Crippen molar-refractivity contribution in [2.75, 3.05) is 0 Å². The van der Waals surface area contributed by atoms with Crippen LogP contribution in [0.1, 0.15) is 23.0 Å². The summed E-state index contributed by atoms with van der Waals surface area (Å²) in [5, 5.41) is 0. The molecule has 0 amide bonds. The molecule has 0 aliphatic rings. The molecule has 4 rings (SSSR count). The average Bonchev–Trinajstić information content (AvgIpc) is 3.07. The second kappa shape index (κ2) is 5.04. The number of aromatic nitrogens is 5. The van der Waals surface area contributed by atoms with Crippen molar-refractivity contribution in [1.29, 1.82) is 0 Å². The largest absolute Gasteiger partial charge is 0.329 e. The van der Waals surface area contributed by atoms with Crippen LogP contribution >= 0.6 is 0 Å². The van der Waals surface area contributed by atoms with Crippen molar-refractivity contribution < 1.29 is 4.79 Å². The Hall–Kier alpha value is -3.42.